The van der Waals surface area contributed by atoms with Crippen molar-refractivity contribution in [2.45, 2.75) is 27.2 Å². The van der Waals surface area contributed by atoms with Gasteiger partial charge in [0.1, 0.15) is 17.7 Å². The van der Waals surface area contributed by atoms with Crippen LogP contribution < -0.4 is 10.5 Å². The number of methoxy groups -OCH3 is 1. The minimum absolute atomic E-state index is 0.541. The van der Waals surface area contributed by atoms with Crippen LogP contribution in [0.3, 0.4) is 0 Å². The van der Waals surface area contributed by atoms with Crippen molar-refractivity contribution in [1.29, 1.82) is 0 Å². The summed E-state index contributed by atoms with van der Waals surface area (Å²) in [6.07, 6.45) is 2.35. The van der Waals surface area contributed by atoms with Crippen molar-refractivity contribution in [3.63, 3.8) is 0 Å². The lowest BCUT2D eigenvalue weighted by Gasteiger charge is -2.14. The van der Waals surface area contributed by atoms with Gasteiger partial charge in [0.25, 0.3) is 0 Å². The third-order valence-electron chi connectivity index (χ3n) is 3.42. The predicted octanol–water partition coefficient (Wildman–Crippen LogP) is 2.78. The summed E-state index contributed by atoms with van der Waals surface area (Å²) >= 11 is 0. The fourth-order valence-electron chi connectivity index (χ4n) is 2.31. The Kier molecular flexibility index (Phi) is 3.90. The molecule has 0 saturated heterocycles. The second kappa shape index (κ2) is 5.45. The van der Waals surface area contributed by atoms with Crippen molar-refractivity contribution in [2.75, 3.05) is 13.7 Å². The number of hydrogen-bond donors (Lipinski definition) is 1. The summed E-state index contributed by atoms with van der Waals surface area (Å²) in [4.78, 5) is 4.48. The lowest BCUT2D eigenvalue weighted by atomic mass is 9.97. The lowest BCUT2D eigenvalue weighted by molar-refractivity contribution is 0.408. The maximum atomic E-state index is 5.51. The number of oxazole rings is 1. The fraction of sp³-hybridized carbons (Fsp3) is 0.400. The Balaban J connectivity index is 2.50. The molecule has 1 heterocycles. The Hall–Kier alpha value is -1.81. The van der Waals surface area contributed by atoms with Crippen LogP contribution in [0.2, 0.25) is 0 Å². The highest BCUT2D eigenvalue weighted by Gasteiger charge is 2.14. The van der Waals surface area contributed by atoms with Crippen LogP contribution in [0.15, 0.2) is 16.7 Å². The van der Waals surface area contributed by atoms with Crippen molar-refractivity contribution >= 4 is 0 Å². The molecule has 102 valence electrons. The van der Waals surface area contributed by atoms with Gasteiger partial charge in [-0.05, 0) is 43.5 Å². The molecule has 2 aromatic rings. The third-order valence-corrected chi connectivity index (χ3v) is 3.42. The van der Waals surface area contributed by atoms with E-state index in [-0.39, 0.29) is 0 Å². The molecule has 0 unspecified atom stereocenters. The van der Waals surface area contributed by atoms with Crippen LogP contribution in [-0.2, 0) is 6.42 Å². The number of benzene rings is 1. The van der Waals surface area contributed by atoms with E-state index in [2.05, 4.69) is 24.9 Å². The molecule has 0 radical (unpaired) electrons. The average molecular weight is 260 g/mol. The minimum Gasteiger partial charge on any atom is -0.496 e. The van der Waals surface area contributed by atoms with Gasteiger partial charge in [0, 0.05) is 18.5 Å². The Morgan fingerprint density at radius 2 is 2.00 bits per heavy atom. The Labute approximate surface area is 113 Å². The normalized spacial score (nSPS) is 10.8. The highest BCUT2D eigenvalue weighted by Crippen LogP contribution is 2.33. The van der Waals surface area contributed by atoms with E-state index in [0.29, 0.717) is 18.9 Å². The molecule has 0 fully saturated rings. The number of hydrogen-bond acceptors (Lipinski definition) is 4. The molecule has 4 nitrogen and oxygen atoms in total. The largest absolute Gasteiger partial charge is 0.496 e. The van der Waals surface area contributed by atoms with E-state index in [1.54, 1.807) is 13.4 Å². The average Bonchev–Trinajstić information content (AvgIpc) is 2.83. The maximum Gasteiger partial charge on any atom is 0.195 e. The standard InChI is InChI=1S/C15H20N2O2/c1-9-7-12(10(2)11(3)15(9)18-4)13-8-19-14(17-13)5-6-16/h7-8H,5-6,16H2,1-4H3. The number of ether oxygens (including phenoxy) is 1. The molecule has 1 aromatic heterocycles. The van der Waals surface area contributed by atoms with Gasteiger partial charge in [0.15, 0.2) is 5.89 Å². The quantitative estimate of drug-likeness (QED) is 0.918. The molecule has 2 rings (SSSR count). The van der Waals surface area contributed by atoms with Gasteiger partial charge in [-0.25, -0.2) is 4.98 Å². The van der Waals surface area contributed by atoms with Crippen molar-refractivity contribution in [1.82, 2.24) is 4.98 Å². The molecule has 0 aliphatic rings. The van der Waals surface area contributed by atoms with Gasteiger partial charge >= 0.3 is 0 Å². The first-order chi connectivity index (χ1) is 9.08. The van der Waals surface area contributed by atoms with Crippen molar-refractivity contribution < 1.29 is 9.15 Å². The second-order valence-electron chi connectivity index (χ2n) is 4.69. The van der Waals surface area contributed by atoms with Crippen LogP contribution in [0.1, 0.15) is 22.6 Å². The number of nitrogens with zero attached hydrogens (tertiary/aromatic N) is 1. The molecule has 0 bridgehead atoms. The summed E-state index contributed by atoms with van der Waals surface area (Å²) in [6, 6.07) is 2.09. The summed E-state index contributed by atoms with van der Waals surface area (Å²) in [7, 11) is 1.70. The molecule has 0 saturated carbocycles. The topological polar surface area (TPSA) is 61.3 Å². The van der Waals surface area contributed by atoms with Gasteiger partial charge in [-0.15, -0.1) is 0 Å². The predicted molar refractivity (Wildman–Crippen MR) is 75.5 cm³/mol. The van der Waals surface area contributed by atoms with Crippen LogP contribution in [0.25, 0.3) is 11.3 Å². The number of aromatic nitrogens is 1. The molecule has 0 amide bonds. The molecule has 0 atom stereocenters. The van der Waals surface area contributed by atoms with Crippen LogP contribution in [0.4, 0.5) is 0 Å². The van der Waals surface area contributed by atoms with Crippen molar-refractivity contribution in [3.8, 4) is 17.0 Å². The highest BCUT2D eigenvalue weighted by atomic mass is 16.5. The third kappa shape index (κ3) is 2.49. The summed E-state index contributed by atoms with van der Waals surface area (Å²) < 4.78 is 10.9. The molecule has 19 heavy (non-hydrogen) atoms. The molecule has 0 spiro atoms. The molecule has 2 N–H and O–H groups in total. The summed E-state index contributed by atoms with van der Waals surface area (Å²) in [5.74, 6) is 1.62. The monoisotopic (exact) mass is 260 g/mol. The summed E-state index contributed by atoms with van der Waals surface area (Å²) in [5.41, 5.74) is 10.9. The van der Waals surface area contributed by atoms with Crippen LogP contribution in [0, 0.1) is 20.8 Å². The molecule has 4 heteroatoms. The zero-order valence-electron chi connectivity index (χ0n) is 11.9. The first-order valence-corrected chi connectivity index (χ1v) is 6.38. The second-order valence-corrected chi connectivity index (χ2v) is 4.69. The first-order valence-electron chi connectivity index (χ1n) is 6.38. The van der Waals surface area contributed by atoms with E-state index in [1.807, 2.05) is 6.92 Å². The van der Waals surface area contributed by atoms with Gasteiger partial charge in [0.2, 0.25) is 0 Å². The van der Waals surface area contributed by atoms with E-state index in [1.165, 1.54) is 0 Å². The van der Waals surface area contributed by atoms with E-state index in [9.17, 15) is 0 Å². The molecular formula is C15H20N2O2. The molecular weight excluding hydrogens is 240 g/mol. The van der Waals surface area contributed by atoms with Gasteiger partial charge < -0.3 is 14.9 Å². The van der Waals surface area contributed by atoms with Crippen LogP contribution >= 0.6 is 0 Å². The zero-order valence-corrected chi connectivity index (χ0v) is 11.9. The zero-order chi connectivity index (χ0) is 14.0. The van der Waals surface area contributed by atoms with Gasteiger partial charge in [-0.1, -0.05) is 0 Å². The van der Waals surface area contributed by atoms with Gasteiger partial charge in [-0.2, -0.15) is 0 Å². The number of nitrogens with two attached hydrogens (primary N) is 1. The molecule has 0 aliphatic carbocycles. The Bertz CT molecular complexity index is 588. The van der Waals surface area contributed by atoms with E-state index >= 15 is 0 Å². The minimum atomic E-state index is 0.541. The molecule has 0 aliphatic heterocycles. The van der Waals surface area contributed by atoms with Crippen LogP contribution in [-0.4, -0.2) is 18.6 Å². The first kappa shape index (κ1) is 13.6. The fourth-order valence-corrected chi connectivity index (χ4v) is 2.31. The summed E-state index contributed by atoms with van der Waals surface area (Å²) in [6.45, 7) is 6.71. The SMILES string of the molecule is COc1c(C)cc(-c2coc(CCN)n2)c(C)c1C. The van der Waals surface area contributed by atoms with Crippen LogP contribution in [0.5, 0.6) is 5.75 Å². The van der Waals surface area contributed by atoms with Crippen molar-refractivity contribution in [2.24, 2.45) is 5.73 Å². The smallest absolute Gasteiger partial charge is 0.195 e. The van der Waals surface area contributed by atoms with Gasteiger partial charge in [0.05, 0.1) is 7.11 Å². The van der Waals surface area contributed by atoms with E-state index in [0.717, 1.165) is 33.7 Å². The lowest BCUT2D eigenvalue weighted by Crippen LogP contribution is -2.02. The van der Waals surface area contributed by atoms with E-state index < -0.39 is 0 Å². The Morgan fingerprint density at radius 1 is 1.26 bits per heavy atom. The summed E-state index contributed by atoms with van der Waals surface area (Å²) in [5, 5.41) is 0. The maximum absolute atomic E-state index is 5.51. The number of rotatable bonds is 4. The van der Waals surface area contributed by atoms with Crippen molar-refractivity contribution in [3.05, 3.63) is 34.9 Å². The molecule has 1 aromatic carbocycles. The highest BCUT2D eigenvalue weighted by molar-refractivity contribution is 5.68. The Morgan fingerprint density at radius 3 is 2.63 bits per heavy atom. The number of aryl methyl sites for hydroxylation is 1. The van der Waals surface area contributed by atoms with Gasteiger partial charge in [-0.3, -0.25) is 0 Å². The van der Waals surface area contributed by atoms with E-state index in [4.69, 9.17) is 14.9 Å².